The molecule has 132 valence electrons. The highest BCUT2D eigenvalue weighted by atomic mass is 79.9. The molecule has 1 N–H and O–H groups in total. The van der Waals surface area contributed by atoms with Crippen molar-refractivity contribution in [3.63, 3.8) is 0 Å². The third kappa shape index (κ3) is 3.03. The molecule has 1 aliphatic rings. The molecule has 7 nitrogen and oxygen atoms in total. The molecule has 26 heavy (non-hydrogen) atoms. The van der Waals surface area contributed by atoms with Crippen molar-refractivity contribution < 1.29 is 19.0 Å². The Morgan fingerprint density at radius 3 is 2.54 bits per heavy atom. The highest BCUT2D eigenvalue weighted by Crippen LogP contribution is 2.26. The molecule has 2 aromatic carbocycles. The summed E-state index contributed by atoms with van der Waals surface area (Å²) in [5, 5.41) is 19.5. The molecule has 0 fully saturated rings. The van der Waals surface area contributed by atoms with E-state index in [0.29, 0.717) is 0 Å². The van der Waals surface area contributed by atoms with Crippen LogP contribution in [-0.2, 0) is 0 Å². The smallest absolute Gasteiger partial charge is 0.305 e. The van der Waals surface area contributed by atoms with Crippen LogP contribution in [0.1, 0.15) is 23.6 Å². The normalized spacial score (nSPS) is 16.2. The Balaban J connectivity index is 1.49. The van der Waals surface area contributed by atoms with Crippen LogP contribution in [0.5, 0.6) is 11.7 Å². The van der Waals surface area contributed by atoms with Crippen LogP contribution in [0, 0.1) is 0 Å². The lowest BCUT2D eigenvalue weighted by Gasteiger charge is -2.10. The molecule has 0 spiro atoms. The summed E-state index contributed by atoms with van der Waals surface area (Å²) in [5.41, 5.74) is 7.06. The predicted octanol–water partition coefficient (Wildman–Crippen LogP) is 2.23. The fourth-order valence-corrected chi connectivity index (χ4v) is 3.19. The van der Waals surface area contributed by atoms with Gasteiger partial charge in [-0.1, -0.05) is 12.1 Å². The minimum atomic E-state index is -0.513. The second kappa shape index (κ2) is 6.80. The molecule has 0 saturated carbocycles. The lowest BCUT2D eigenvalue weighted by molar-refractivity contribution is -0.680. The van der Waals surface area contributed by atoms with Gasteiger partial charge in [-0.05, 0) is 40.1 Å². The first-order valence-electron chi connectivity index (χ1n) is 7.97. The third-order valence-corrected chi connectivity index (χ3v) is 4.94. The topological polar surface area (TPSA) is 86.6 Å². The Labute approximate surface area is 158 Å². The maximum absolute atomic E-state index is 11.4. The van der Waals surface area contributed by atoms with Crippen LogP contribution in [0.15, 0.2) is 62.8 Å². The number of ether oxygens (including phenoxy) is 1. The number of halogens is 1. The average Bonchev–Trinajstić information content (AvgIpc) is 3.30. The van der Waals surface area contributed by atoms with Gasteiger partial charge >= 0.3 is 4.60 Å². The van der Waals surface area contributed by atoms with Gasteiger partial charge < -0.3 is 19.8 Å². The van der Waals surface area contributed by atoms with Gasteiger partial charge in [-0.15, -0.1) is 0 Å². The quantitative estimate of drug-likeness (QED) is 0.661. The summed E-state index contributed by atoms with van der Waals surface area (Å²) in [6.45, 7) is 0. The molecule has 1 unspecified atom stereocenters. The van der Waals surface area contributed by atoms with Crippen LogP contribution in [0.2, 0.25) is 0 Å². The second-order valence-electron chi connectivity index (χ2n) is 5.83. The van der Waals surface area contributed by atoms with Crippen molar-refractivity contribution in [3.05, 3.63) is 64.3 Å². The molecular formula is C18H15BrN4O3. The number of benzene rings is 2. The van der Waals surface area contributed by atoms with E-state index < -0.39 is 5.95 Å². The Morgan fingerprint density at radius 1 is 1.19 bits per heavy atom. The Hall–Kier alpha value is -2.87. The monoisotopic (exact) mass is 414 g/mol. The molecule has 2 heterocycles. The predicted molar refractivity (Wildman–Crippen MR) is 95.2 cm³/mol. The van der Waals surface area contributed by atoms with Gasteiger partial charge in [-0.2, -0.15) is 5.10 Å². The number of methoxy groups -OCH3 is 1. The van der Waals surface area contributed by atoms with Crippen molar-refractivity contribution >= 4 is 21.6 Å². The number of nitrogens with zero attached hydrogens (tertiary/aromatic N) is 3. The highest BCUT2D eigenvalue weighted by Gasteiger charge is 2.22. The number of hydrogen-bond acceptors (Lipinski definition) is 6. The fourth-order valence-electron chi connectivity index (χ4n) is 2.84. The van der Waals surface area contributed by atoms with E-state index in [1.807, 2.05) is 48.5 Å². The lowest BCUT2D eigenvalue weighted by Crippen LogP contribution is -2.33. The van der Waals surface area contributed by atoms with Crippen LogP contribution in [0.4, 0.5) is 0 Å². The largest absolute Gasteiger partial charge is 0.538 e. The number of nitrogens with one attached hydrogen (secondary N) is 1. The summed E-state index contributed by atoms with van der Waals surface area (Å²) < 4.78 is 11.5. The molecule has 0 radical (unpaired) electrons. The third-order valence-electron chi connectivity index (χ3n) is 4.28. The van der Waals surface area contributed by atoms with Crippen molar-refractivity contribution in [1.29, 1.82) is 0 Å². The van der Waals surface area contributed by atoms with E-state index in [1.165, 1.54) is 4.68 Å². The standard InChI is InChI=1S/C18H15BrN4O3/c1-25-14-8-4-12(5-9-14)16-10-15(20-21-16)11-2-6-13(7-3-11)23-17(19)18(24)26-22-23/h2-9,16H,10H2,1H3,(H-,21,22,24). The van der Waals surface area contributed by atoms with Crippen LogP contribution in [-0.4, -0.2) is 18.1 Å². The Kier molecular flexibility index (Phi) is 4.34. The molecule has 0 amide bonds. The van der Waals surface area contributed by atoms with E-state index in [-0.39, 0.29) is 10.6 Å². The van der Waals surface area contributed by atoms with Gasteiger partial charge in [0.15, 0.2) is 5.95 Å². The molecule has 0 bridgehead atoms. The zero-order valence-electron chi connectivity index (χ0n) is 13.8. The molecule has 4 rings (SSSR count). The van der Waals surface area contributed by atoms with Crippen LogP contribution in [0.25, 0.3) is 5.69 Å². The Bertz CT molecular complexity index is 952. The van der Waals surface area contributed by atoms with Gasteiger partial charge in [-0.25, -0.2) is 0 Å². The first-order valence-corrected chi connectivity index (χ1v) is 8.76. The summed E-state index contributed by atoms with van der Waals surface area (Å²) in [5.74, 6) is 0.321. The molecule has 8 heteroatoms. The van der Waals surface area contributed by atoms with Gasteiger partial charge in [0.1, 0.15) is 5.75 Å². The summed E-state index contributed by atoms with van der Waals surface area (Å²) in [6.07, 6.45) is 0.789. The van der Waals surface area contributed by atoms with Gasteiger partial charge in [0.25, 0.3) is 0 Å². The van der Waals surface area contributed by atoms with Crippen molar-refractivity contribution in [1.82, 2.24) is 10.7 Å². The SMILES string of the molecule is COc1ccc(C2CC(c3ccc(-[n+]4noc([O-])c4Br)cc3)=NN2)cc1. The highest BCUT2D eigenvalue weighted by molar-refractivity contribution is 9.10. The molecule has 1 aromatic heterocycles. The van der Waals surface area contributed by atoms with E-state index >= 15 is 0 Å². The summed E-state index contributed by atoms with van der Waals surface area (Å²) in [6, 6.07) is 15.7. The van der Waals surface area contributed by atoms with Crippen molar-refractivity contribution in [2.24, 2.45) is 5.10 Å². The molecule has 0 saturated heterocycles. The van der Waals surface area contributed by atoms with Crippen molar-refractivity contribution in [3.8, 4) is 17.4 Å². The summed E-state index contributed by atoms with van der Waals surface area (Å²) in [4.78, 5) is 0. The fraction of sp³-hybridized carbons (Fsp3) is 0.167. The van der Waals surface area contributed by atoms with E-state index in [0.717, 1.165) is 34.7 Å². The van der Waals surface area contributed by atoms with Gasteiger partial charge in [0.2, 0.25) is 5.69 Å². The minimum Gasteiger partial charge on any atom is -0.538 e. The Morgan fingerprint density at radius 2 is 1.92 bits per heavy atom. The van der Waals surface area contributed by atoms with Gasteiger partial charge in [-0.3, -0.25) is 0 Å². The van der Waals surface area contributed by atoms with Gasteiger partial charge in [0.05, 0.1) is 24.1 Å². The first-order chi connectivity index (χ1) is 12.7. The van der Waals surface area contributed by atoms with Gasteiger partial charge in [0, 0.05) is 34.5 Å². The number of aromatic nitrogens is 2. The van der Waals surface area contributed by atoms with E-state index in [1.54, 1.807) is 7.11 Å². The zero-order chi connectivity index (χ0) is 18.1. The zero-order valence-corrected chi connectivity index (χ0v) is 15.4. The number of rotatable bonds is 4. The van der Waals surface area contributed by atoms with Crippen molar-refractivity contribution in [2.45, 2.75) is 12.5 Å². The maximum Gasteiger partial charge on any atom is 0.305 e. The molecular weight excluding hydrogens is 400 g/mol. The van der Waals surface area contributed by atoms with E-state index in [4.69, 9.17) is 4.74 Å². The first kappa shape index (κ1) is 16.6. The molecule has 3 aromatic rings. The molecule has 1 atom stereocenters. The van der Waals surface area contributed by atoms with Crippen LogP contribution >= 0.6 is 15.9 Å². The summed E-state index contributed by atoms with van der Waals surface area (Å²) in [7, 11) is 1.65. The number of hydrazone groups is 1. The lowest BCUT2D eigenvalue weighted by atomic mass is 9.99. The second-order valence-corrected chi connectivity index (χ2v) is 6.58. The van der Waals surface area contributed by atoms with E-state index in [9.17, 15) is 5.11 Å². The minimum absolute atomic E-state index is 0.137. The van der Waals surface area contributed by atoms with Crippen LogP contribution < -0.4 is 20.0 Å². The number of hydrogen-bond donors (Lipinski definition) is 1. The average molecular weight is 415 g/mol. The summed E-state index contributed by atoms with van der Waals surface area (Å²) >= 11 is 3.17. The maximum atomic E-state index is 11.4. The van der Waals surface area contributed by atoms with Crippen LogP contribution in [0.3, 0.4) is 0 Å². The molecule has 0 aliphatic carbocycles. The van der Waals surface area contributed by atoms with E-state index in [2.05, 4.69) is 36.3 Å². The molecule has 1 aliphatic heterocycles. The van der Waals surface area contributed by atoms with Crippen molar-refractivity contribution in [2.75, 3.05) is 7.11 Å².